The van der Waals surface area contributed by atoms with Crippen molar-refractivity contribution in [1.29, 1.82) is 0 Å². The number of carbonyl (C=O) groups excluding carboxylic acids is 1. The van der Waals surface area contributed by atoms with E-state index in [9.17, 15) is 13.2 Å². The van der Waals surface area contributed by atoms with Gasteiger partial charge < -0.3 is 4.90 Å². The molecular weight excluding hydrogens is 304 g/mol. The lowest BCUT2D eigenvalue weighted by Crippen LogP contribution is -2.53. The van der Waals surface area contributed by atoms with Gasteiger partial charge in [-0.1, -0.05) is 6.92 Å². The van der Waals surface area contributed by atoms with Gasteiger partial charge in [0, 0.05) is 32.3 Å². The molecule has 3 heterocycles. The molecule has 2 aliphatic heterocycles. The number of amides is 1. The molecule has 0 radical (unpaired) electrons. The first kappa shape index (κ1) is 15.5. The maximum atomic E-state index is 12.4. The van der Waals surface area contributed by atoms with Crippen LogP contribution in [0.2, 0.25) is 0 Å². The number of aromatic nitrogens is 2. The number of hydrogen-bond acceptors (Lipinski definition) is 4. The third-order valence-electron chi connectivity index (χ3n) is 4.50. The number of sulfonamides is 1. The Morgan fingerprint density at radius 3 is 2.73 bits per heavy atom. The highest BCUT2D eigenvalue weighted by molar-refractivity contribution is 7.89. The van der Waals surface area contributed by atoms with Crippen LogP contribution in [0.15, 0.2) is 12.4 Å². The Bertz CT molecular complexity index is 669. The zero-order chi connectivity index (χ0) is 15.9. The Labute approximate surface area is 130 Å². The van der Waals surface area contributed by atoms with Crippen LogP contribution in [0, 0.1) is 0 Å². The summed E-state index contributed by atoms with van der Waals surface area (Å²) in [6.07, 6.45) is 5.78. The number of rotatable bonds is 4. The average molecular weight is 326 g/mol. The molecule has 22 heavy (non-hydrogen) atoms. The summed E-state index contributed by atoms with van der Waals surface area (Å²) in [5.41, 5.74) is 0.761. The Morgan fingerprint density at radius 1 is 1.32 bits per heavy atom. The summed E-state index contributed by atoms with van der Waals surface area (Å²) in [5.74, 6) is 0.237. The molecular formula is C14H22N4O3S. The highest BCUT2D eigenvalue weighted by Crippen LogP contribution is 2.36. The molecule has 1 aromatic rings. The molecule has 8 heteroatoms. The van der Waals surface area contributed by atoms with Gasteiger partial charge in [0.2, 0.25) is 15.9 Å². The van der Waals surface area contributed by atoms with Crippen molar-refractivity contribution in [2.75, 3.05) is 17.2 Å². The molecule has 1 aromatic heterocycles. The molecule has 122 valence electrons. The summed E-state index contributed by atoms with van der Waals surface area (Å²) in [7, 11) is -1.42. The second-order valence-corrected chi connectivity index (χ2v) is 8.07. The first-order valence-corrected chi connectivity index (χ1v) is 9.35. The first-order chi connectivity index (χ1) is 10.4. The van der Waals surface area contributed by atoms with Crippen LogP contribution in [-0.2, 0) is 21.9 Å². The second-order valence-electron chi connectivity index (χ2n) is 6.02. The molecule has 0 saturated carbocycles. The fourth-order valence-electron chi connectivity index (χ4n) is 3.61. The number of hydrogen-bond donors (Lipinski definition) is 0. The molecule has 0 bridgehead atoms. The van der Waals surface area contributed by atoms with Crippen LogP contribution in [0.1, 0.15) is 32.6 Å². The van der Waals surface area contributed by atoms with Crippen LogP contribution in [0.5, 0.6) is 0 Å². The third kappa shape index (κ3) is 2.54. The van der Waals surface area contributed by atoms with Gasteiger partial charge >= 0.3 is 0 Å². The van der Waals surface area contributed by atoms with Crippen LogP contribution in [0.25, 0.3) is 0 Å². The number of fused-ring (bicyclic) bond motifs is 1. The maximum Gasteiger partial charge on any atom is 0.227 e. The van der Waals surface area contributed by atoms with Gasteiger partial charge in [-0.3, -0.25) is 9.48 Å². The van der Waals surface area contributed by atoms with Crippen molar-refractivity contribution in [3.8, 4) is 0 Å². The van der Waals surface area contributed by atoms with Crippen molar-refractivity contribution in [1.82, 2.24) is 14.1 Å². The minimum Gasteiger partial charge on any atom is -0.305 e. The molecule has 0 aromatic carbocycles. The molecule has 7 nitrogen and oxygen atoms in total. The van der Waals surface area contributed by atoms with Crippen LogP contribution in [-0.4, -0.2) is 52.8 Å². The van der Waals surface area contributed by atoms with Crippen LogP contribution < -0.4 is 4.90 Å². The van der Waals surface area contributed by atoms with Gasteiger partial charge in [-0.25, -0.2) is 8.42 Å². The molecule has 3 rings (SSSR count). The summed E-state index contributed by atoms with van der Waals surface area (Å²) in [6.45, 7) is 2.37. The van der Waals surface area contributed by atoms with Crippen LogP contribution in [0.4, 0.5) is 5.69 Å². The lowest BCUT2D eigenvalue weighted by Gasteiger charge is -2.38. The molecule has 0 aliphatic carbocycles. The number of piperidine rings is 1. The van der Waals surface area contributed by atoms with E-state index in [4.69, 9.17) is 0 Å². The summed E-state index contributed by atoms with van der Waals surface area (Å²) in [6, 6.07) is -0.175. The highest BCUT2D eigenvalue weighted by Gasteiger charge is 2.47. The predicted molar refractivity (Wildman–Crippen MR) is 82.9 cm³/mol. The van der Waals surface area contributed by atoms with E-state index in [0.717, 1.165) is 5.69 Å². The predicted octanol–water partition coefficient (Wildman–Crippen LogP) is 0.730. The van der Waals surface area contributed by atoms with Gasteiger partial charge in [0.05, 0.1) is 23.7 Å². The van der Waals surface area contributed by atoms with Crippen LogP contribution in [0.3, 0.4) is 0 Å². The molecule has 2 fully saturated rings. The monoisotopic (exact) mass is 326 g/mol. The van der Waals surface area contributed by atoms with Crippen molar-refractivity contribution in [3.05, 3.63) is 12.4 Å². The molecule has 0 spiro atoms. The van der Waals surface area contributed by atoms with Gasteiger partial charge in [0.1, 0.15) is 0 Å². The van der Waals surface area contributed by atoms with Crippen molar-refractivity contribution in [2.24, 2.45) is 7.05 Å². The lowest BCUT2D eigenvalue weighted by molar-refractivity contribution is -0.120. The van der Waals surface area contributed by atoms with Crippen molar-refractivity contribution >= 4 is 21.6 Å². The minimum absolute atomic E-state index is 0.0592. The van der Waals surface area contributed by atoms with Gasteiger partial charge in [-0.2, -0.15) is 9.40 Å². The second kappa shape index (κ2) is 5.66. The Hall–Kier alpha value is -1.41. The highest BCUT2D eigenvalue weighted by atomic mass is 32.2. The number of carbonyl (C=O) groups is 1. The van der Waals surface area contributed by atoms with E-state index in [1.807, 2.05) is 20.2 Å². The summed E-state index contributed by atoms with van der Waals surface area (Å²) < 4.78 is 28.1. The number of nitrogens with zero attached hydrogens (tertiary/aromatic N) is 4. The van der Waals surface area contributed by atoms with E-state index in [0.29, 0.717) is 32.2 Å². The van der Waals surface area contributed by atoms with Crippen LogP contribution >= 0.6 is 0 Å². The van der Waals surface area contributed by atoms with Gasteiger partial charge in [0.25, 0.3) is 0 Å². The third-order valence-corrected chi connectivity index (χ3v) is 6.59. The molecule has 2 saturated heterocycles. The van der Waals surface area contributed by atoms with Gasteiger partial charge in [-0.15, -0.1) is 0 Å². The standard InChI is InChI=1S/C14H22N4O3S/c1-3-8-22(20,21)17-7-6-13-12(17)4-5-14(19)18(13)11-9-15-16(2)10-11/h9-10,12-13H,3-8H2,1-2H3/t12-,13-/m1/s1. The lowest BCUT2D eigenvalue weighted by atomic mass is 9.96. The summed E-state index contributed by atoms with van der Waals surface area (Å²) >= 11 is 0. The van der Waals surface area contributed by atoms with E-state index in [-0.39, 0.29) is 23.7 Å². The van der Waals surface area contributed by atoms with E-state index in [1.54, 1.807) is 20.1 Å². The zero-order valence-corrected chi connectivity index (χ0v) is 13.8. The molecule has 2 atom stereocenters. The Morgan fingerprint density at radius 2 is 2.09 bits per heavy atom. The SMILES string of the molecule is CCCS(=O)(=O)N1CC[C@@H]2[C@H]1CCC(=O)N2c1cnn(C)c1. The average Bonchev–Trinajstić information content (AvgIpc) is 3.05. The number of aryl methyl sites for hydroxylation is 1. The van der Waals surface area contributed by atoms with Crippen molar-refractivity contribution in [2.45, 2.75) is 44.7 Å². The van der Waals surface area contributed by atoms with E-state index < -0.39 is 10.0 Å². The fourth-order valence-corrected chi connectivity index (χ4v) is 5.41. The van der Waals surface area contributed by atoms with E-state index in [2.05, 4.69) is 5.10 Å². The largest absolute Gasteiger partial charge is 0.305 e. The topological polar surface area (TPSA) is 75.5 Å². The van der Waals surface area contributed by atoms with E-state index in [1.165, 1.54) is 0 Å². The normalized spacial score (nSPS) is 26.5. The first-order valence-electron chi connectivity index (χ1n) is 7.74. The van der Waals surface area contributed by atoms with E-state index >= 15 is 0 Å². The summed E-state index contributed by atoms with van der Waals surface area (Å²) in [5, 5.41) is 4.13. The molecule has 0 N–H and O–H groups in total. The summed E-state index contributed by atoms with van der Waals surface area (Å²) in [4.78, 5) is 14.1. The van der Waals surface area contributed by atoms with Gasteiger partial charge in [0.15, 0.2) is 0 Å². The molecule has 2 aliphatic rings. The Kier molecular flexibility index (Phi) is 3.98. The fraction of sp³-hybridized carbons (Fsp3) is 0.714. The number of anilines is 1. The maximum absolute atomic E-state index is 12.4. The molecule has 0 unspecified atom stereocenters. The Balaban J connectivity index is 1.89. The van der Waals surface area contributed by atoms with Gasteiger partial charge in [-0.05, 0) is 19.3 Å². The smallest absolute Gasteiger partial charge is 0.227 e. The quantitative estimate of drug-likeness (QED) is 0.817. The van der Waals surface area contributed by atoms with Crippen molar-refractivity contribution in [3.63, 3.8) is 0 Å². The van der Waals surface area contributed by atoms with Crippen molar-refractivity contribution < 1.29 is 13.2 Å². The minimum atomic E-state index is -3.22. The zero-order valence-electron chi connectivity index (χ0n) is 13.0. The molecule has 1 amide bonds.